The van der Waals surface area contributed by atoms with Crippen LogP contribution in [0.3, 0.4) is 0 Å². The summed E-state index contributed by atoms with van der Waals surface area (Å²) in [4.78, 5) is 2.03. The maximum absolute atomic E-state index is 12.6. The maximum Gasteiger partial charge on any atom is 0.250 e. The minimum Gasteiger partial charge on any atom is -0.497 e. The van der Waals surface area contributed by atoms with Crippen LogP contribution in [-0.2, 0) is 15.6 Å². The zero-order valence-corrected chi connectivity index (χ0v) is 18.1. The Balaban J connectivity index is 1.83. The highest BCUT2D eigenvalue weighted by Crippen LogP contribution is 2.43. The van der Waals surface area contributed by atoms with E-state index in [4.69, 9.17) is 4.74 Å². The molecule has 0 radical (unpaired) electrons. The summed E-state index contributed by atoms with van der Waals surface area (Å²) in [5.74, 6) is 0.592. The molecule has 2 N–H and O–H groups in total. The molecule has 0 aliphatic heterocycles. The lowest BCUT2D eigenvalue weighted by Gasteiger charge is -2.44. The number of nitrogens with zero attached hydrogens (tertiary/aromatic N) is 1. The lowest BCUT2D eigenvalue weighted by Crippen LogP contribution is -2.50. The zero-order valence-electron chi connectivity index (χ0n) is 16.5. The van der Waals surface area contributed by atoms with Crippen LogP contribution in [0.15, 0.2) is 46.0 Å². The number of benzene rings is 1. The number of thiophene rings is 1. The van der Waals surface area contributed by atoms with Gasteiger partial charge < -0.3 is 14.7 Å². The molecule has 8 heteroatoms. The van der Waals surface area contributed by atoms with Gasteiger partial charge in [-0.1, -0.05) is 18.2 Å². The number of hydrogen-bond donors (Lipinski definition) is 2. The van der Waals surface area contributed by atoms with Gasteiger partial charge in [-0.3, -0.25) is 0 Å². The van der Waals surface area contributed by atoms with Crippen molar-refractivity contribution in [3.8, 4) is 5.75 Å². The van der Waals surface area contributed by atoms with Crippen molar-refractivity contribution in [2.24, 2.45) is 5.92 Å². The summed E-state index contributed by atoms with van der Waals surface area (Å²) in [7, 11) is 2.01. The first-order valence-corrected chi connectivity index (χ1v) is 11.7. The molecule has 2 aromatic rings. The third-order valence-corrected chi connectivity index (χ3v) is 8.27. The van der Waals surface area contributed by atoms with Gasteiger partial charge in [-0.2, -0.15) is 0 Å². The van der Waals surface area contributed by atoms with Crippen LogP contribution in [0, 0.1) is 5.92 Å². The van der Waals surface area contributed by atoms with Gasteiger partial charge >= 0.3 is 0 Å². The van der Waals surface area contributed by atoms with Gasteiger partial charge in [-0.05, 0) is 62.5 Å². The Bertz CT molecular complexity index is 883. The highest BCUT2D eigenvalue weighted by Gasteiger charge is 2.44. The third-order valence-electron chi connectivity index (χ3n) is 5.36. The van der Waals surface area contributed by atoms with Gasteiger partial charge in [0.25, 0.3) is 0 Å². The Kier molecular flexibility index (Phi) is 6.46. The third kappa shape index (κ3) is 4.58. The van der Waals surface area contributed by atoms with Gasteiger partial charge in [0.05, 0.1) is 12.7 Å². The summed E-state index contributed by atoms with van der Waals surface area (Å²) in [5.41, 5.74) is -0.206. The van der Waals surface area contributed by atoms with Crippen LogP contribution in [-0.4, -0.2) is 52.2 Å². The normalized spacial score (nSPS) is 25.8. The van der Waals surface area contributed by atoms with Gasteiger partial charge in [0, 0.05) is 18.5 Å². The molecule has 1 aromatic carbocycles. The molecule has 1 saturated carbocycles. The Morgan fingerprint density at radius 3 is 2.75 bits per heavy atom. The Hall–Kier alpha value is -1.45. The Morgan fingerprint density at radius 2 is 2.11 bits per heavy atom. The van der Waals surface area contributed by atoms with Crippen molar-refractivity contribution in [2.75, 3.05) is 27.7 Å². The highest BCUT2D eigenvalue weighted by molar-refractivity contribution is 7.91. The number of aliphatic hydroxyl groups is 1. The van der Waals surface area contributed by atoms with Crippen LogP contribution in [0.25, 0.3) is 0 Å². The number of methoxy groups -OCH3 is 1. The van der Waals surface area contributed by atoms with Crippen LogP contribution >= 0.6 is 11.3 Å². The second-order valence-corrected chi connectivity index (χ2v) is 10.5. The maximum atomic E-state index is 12.6. The first kappa shape index (κ1) is 21.3. The zero-order chi connectivity index (χ0) is 20.4. The molecular formula is C20H28N2O4S2. The molecule has 0 saturated heterocycles. The van der Waals surface area contributed by atoms with Crippen molar-refractivity contribution < 1.29 is 18.3 Å². The molecule has 3 atom stereocenters. The fraction of sp³-hybridized carbons (Fsp3) is 0.500. The second-order valence-electron chi connectivity index (χ2n) is 7.64. The van der Waals surface area contributed by atoms with E-state index in [0.29, 0.717) is 35.8 Å². The van der Waals surface area contributed by atoms with Gasteiger partial charge in [-0.25, -0.2) is 13.1 Å². The molecule has 6 nitrogen and oxygen atoms in total. The second kappa shape index (κ2) is 8.51. The van der Waals surface area contributed by atoms with Crippen molar-refractivity contribution >= 4 is 21.4 Å². The first-order chi connectivity index (χ1) is 13.2. The molecule has 0 amide bonds. The molecule has 154 valence electrons. The van der Waals surface area contributed by atoms with E-state index in [1.807, 2.05) is 43.3 Å². The number of nitrogens with one attached hydrogen (secondary N) is 1. The molecule has 0 spiro atoms. The average molecular weight is 425 g/mol. The Labute approximate surface area is 171 Å². The molecule has 28 heavy (non-hydrogen) atoms. The standard InChI is InChI=1S/C20H28N2O4S2/c1-22(2)14-16-12-17(21-28(24,25)19-8-5-11-27-19)9-10-20(16,23)15-6-4-7-18(13-15)26-3/h4-8,11,13,16-17,21,23H,9-10,12,14H2,1-3H3. The quantitative estimate of drug-likeness (QED) is 0.714. The van der Waals surface area contributed by atoms with E-state index in [9.17, 15) is 13.5 Å². The Morgan fingerprint density at radius 1 is 1.32 bits per heavy atom. The van der Waals surface area contributed by atoms with E-state index in [1.54, 1.807) is 24.6 Å². The largest absolute Gasteiger partial charge is 0.497 e. The van der Waals surface area contributed by atoms with E-state index < -0.39 is 15.6 Å². The number of ether oxygens (including phenoxy) is 1. The van der Waals surface area contributed by atoms with E-state index in [1.165, 1.54) is 11.3 Å². The molecule has 3 unspecified atom stereocenters. The molecule has 1 fully saturated rings. The van der Waals surface area contributed by atoms with E-state index in [-0.39, 0.29) is 12.0 Å². The van der Waals surface area contributed by atoms with Crippen molar-refractivity contribution in [3.05, 3.63) is 47.3 Å². The van der Waals surface area contributed by atoms with Crippen molar-refractivity contribution in [2.45, 2.75) is 35.1 Å². The fourth-order valence-electron chi connectivity index (χ4n) is 3.99. The highest BCUT2D eigenvalue weighted by atomic mass is 32.2. The fourth-order valence-corrected chi connectivity index (χ4v) is 6.29. The topological polar surface area (TPSA) is 78.9 Å². The van der Waals surface area contributed by atoms with E-state index in [0.717, 1.165) is 5.56 Å². The summed E-state index contributed by atoms with van der Waals surface area (Å²) >= 11 is 1.21. The van der Waals surface area contributed by atoms with E-state index >= 15 is 0 Å². The van der Waals surface area contributed by atoms with Crippen LogP contribution in [0.2, 0.25) is 0 Å². The summed E-state index contributed by atoms with van der Waals surface area (Å²) in [6.45, 7) is 0.658. The average Bonchev–Trinajstić information content (AvgIpc) is 3.20. The summed E-state index contributed by atoms with van der Waals surface area (Å²) in [6.07, 6.45) is 1.62. The molecule has 0 bridgehead atoms. The van der Waals surface area contributed by atoms with Gasteiger partial charge in [0.1, 0.15) is 9.96 Å². The number of sulfonamides is 1. The van der Waals surface area contributed by atoms with Crippen LogP contribution in [0.1, 0.15) is 24.8 Å². The molecule has 3 rings (SSSR count). The first-order valence-electron chi connectivity index (χ1n) is 9.32. The molecular weight excluding hydrogens is 396 g/mol. The van der Waals surface area contributed by atoms with Gasteiger partial charge in [0.2, 0.25) is 10.0 Å². The summed E-state index contributed by atoms with van der Waals surface area (Å²) in [5, 5.41) is 13.4. The number of rotatable bonds is 7. The lowest BCUT2D eigenvalue weighted by atomic mass is 9.69. The van der Waals surface area contributed by atoms with Gasteiger partial charge in [-0.15, -0.1) is 11.3 Å². The monoisotopic (exact) mass is 424 g/mol. The predicted octanol–water partition coefficient (Wildman–Crippen LogP) is 2.65. The van der Waals surface area contributed by atoms with Crippen molar-refractivity contribution in [1.29, 1.82) is 0 Å². The van der Waals surface area contributed by atoms with E-state index in [2.05, 4.69) is 4.72 Å². The van der Waals surface area contributed by atoms with Crippen molar-refractivity contribution in [1.82, 2.24) is 9.62 Å². The number of hydrogen-bond acceptors (Lipinski definition) is 6. The molecule has 1 heterocycles. The van der Waals surface area contributed by atoms with Crippen LogP contribution in [0.5, 0.6) is 5.75 Å². The van der Waals surface area contributed by atoms with Gasteiger partial charge in [0.15, 0.2) is 0 Å². The summed E-state index contributed by atoms with van der Waals surface area (Å²) in [6, 6.07) is 10.7. The molecule has 1 aromatic heterocycles. The molecule has 1 aliphatic carbocycles. The predicted molar refractivity (Wildman–Crippen MR) is 111 cm³/mol. The SMILES string of the molecule is COc1cccc(C2(O)CCC(NS(=O)(=O)c3cccs3)CC2CN(C)C)c1. The smallest absolute Gasteiger partial charge is 0.250 e. The minimum absolute atomic E-state index is 0.112. The van der Waals surface area contributed by atoms with Crippen molar-refractivity contribution in [3.63, 3.8) is 0 Å². The van der Waals surface area contributed by atoms with Crippen LogP contribution in [0.4, 0.5) is 0 Å². The minimum atomic E-state index is -3.53. The molecule has 1 aliphatic rings. The lowest BCUT2D eigenvalue weighted by molar-refractivity contribution is -0.0675. The van der Waals surface area contributed by atoms with Crippen LogP contribution < -0.4 is 9.46 Å². The summed E-state index contributed by atoms with van der Waals surface area (Å²) < 4.78 is 33.7.